The number of halogens is 4. The Kier molecular flexibility index (Phi) is 5.59. The van der Waals surface area contributed by atoms with E-state index in [4.69, 9.17) is 11.6 Å². The first kappa shape index (κ1) is 21.4. The van der Waals surface area contributed by atoms with Gasteiger partial charge >= 0.3 is 6.36 Å². The molecule has 3 aromatic rings. The van der Waals surface area contributed by atoms with E-state index in [0.29, 0.717) is 16.1 Å². The normalized spacial score (nSPS) is 13.5. The molecule has 1 aromatic carbocycles. The average molecular weight is 438 g/mol. The first-order valence-corrected chi connectivity index (χ1v) is 8.95. The average Bonchev–Trinajstić information content (AvgIpc) is 3.07. The summed E-state index contributed by atoms with van der Waals surface area (Å²) in [5.74, 6) is -1.08. The van der Waals surface area contributed by atoms with Crippen molar-refractivity contribution in [2.45, 2.75) is 32.3 Å². The lowest BCUT2D eigenvalue weighted by Crippen LogP contribution is -2.48. The molecule has 2 heterocycles. The van der Waals surface area contributed by atoms with Crippen LogP contribution >= 0.6 is 11.6 Å². The van der Waals surface area contributed by atoms with Crippen LogP contribution in [-0.4, -0.2) is 32.6 Å². The first-order chi connectivity index (χ1) is 14.0. The second-order valence-electron chi connectivity index (χ2n) is 6.76. The molecule has 1 unspecified atom stereocenters. The van der Waals surface area contributed by atoms with Gasteiger partial charge < -0.3 is 10.1 Å². The van der Waals surface area contributed by atoms with Gasteiger partial charge in [-0.3, -0.25) is 14.5 Å². The molecule has 2 aromatic heterocycles. The summed E-state index contributed by atoms with van der Waals surface area (Å²) in [5.41, 5.74) is 0.626. The number of aromatic nitrogens is 3. The lowest BCUT2D eigenvalue weighted by molar-refractivity contribution is -0.274. The highest BCUT2D eigenvalue weighted by atomic mass is 35.5. The summed E-state index contributed by atoms with van der Waals surface area (Å²) >= 11 is 6.05. The van der Waals surface area contributed by atoms with E-state index >= 15 is 0 Å². The lowest BCUT2D eigenvalue weighted by atomic mass is 10.0. The Labute approximate surface area is 174 Å². The fourth-order valence-electron chi connectivity index (χ4n) is 2.75. The molecule has 3 rings (SSSR count). The third kappa shape index (κ3) is 4.80. The number of carbonyl (C=O) groups excluding carboxylic acids is 1. The van der Waals surface area contributed by atoms with Gasteiger partial charge in [0.1, 0.15) is 22.3 Å². The number of alkyl halides is 3. The molecule has 0 fully saturated rings. The molecule has 7 nitrogen and oxygen atoms in total. The molecule has 1 N–H and O–H groups in total. The number of ether oxygens (including phenoxy) is 1. The lowest BCUT2D eigenvalue weighted by Gasteiger charge is -2.23. The predicted octanol–water partition coefficient (Wildman–Crippen LogP) is 4.00. The molecule has 156 valence electrons. The first-order valence-electron chi connectivity index (χ1n) is 8.57. The molecule has 0 bridgehead atoms. The van der Waals surface area contributed by atoms with Gasteiger partial charge in [0, 0.05) is 11.8 Å². The van der Waals surface area contributed by atoms with Gasteiger partial charge in [-0.1, -0.05) is 11.6 Å². The fraction of sp³-hybridized carbons (Fsp3) is 0.263. The second kappa shape index (κ2) is 7.84. The highest BCUT2D eigenvalue weighted by molar-refractivity contribution is 6.31. The molecular weight excluding hydrogens is 423 g/mol. The zero-order chi connectivity index (χ0) is 22.1. The smallest absolute Gasteiger partial charge is 0.406 e. The number of nitrogens with one attached hydrogen (secondary N) is 1. The van der Waals surface area contributed by atoms with E-state index in [0.717, 1.165) is 17.7 Å². The van der Waals surface area contributed by atoms with Crippen molar-refractivity contribution in [3.05, 3.63) is 52.8 Å². The number of pyridine rings is 1. The monoisotopic (exact) mass is 437 g/mol. The summed E-state index contributed by atoms with van der Waals surface area (Å²) < 4.78 is 42.0. The van der Waals surface area contributed by atoms with E-state index in [1.54, 1.807) is 13.1 Å². The Balaban J connectivity index is 1.76. The van der Waals surface area contributed by atoms with E-state index in [9.17, 15) is 23.2 Å². The van der Waals surface area contributed by atoms with Gasteiger partial charge in [-0.05, 0) is 43.7 Å². The molecule has 0 radical (unpaired) electrons. The Morgan fingerprint density at radius 2 is 2.00 bits per heavy atom. The van der Waals surface area contributed by atoms with Crippen molar-refractivity contribution in [3.63, 3.8) is 0 Å². The van der Waals surface area contributed by atoms with Crippen LogP contribution in [0.3, 0.4) is 0 Å². The van der Waals surface area contributed by atoms with Crippen LogP contribution in [0.5, 0.6) is 5.75 Å². The number of nitrogens with zero attached hydrogens (tertiary/aromatic N) is 4. The van der Waals surface area contributed by atoms with Crippen molar-refractivity contribution in [2.75, 3.05) is 0 Å². The number of aryl methyl sites for hydroxylation is 1. The molecular formula is C19H15ClF3N5O2. The van der Waals surface area contributed by atoms with Crippen LogP contribution in [0.2, 0.25) is 5.02 Å². The quantitative estimate of drug-likeness (QED) is 0.651. The maximum absolute atomic E-state index is 12.5. The molecule has 0 aliphatic rings. The van der Waals surface area contributed by atoms with Gasteiger partial charge in [-0.15, -0.1) is 13.2 Å². The van der Waals surface area contributed by atoms with Crippen molar-refractivity contribution in [1.29, 1.82) is 5.26 Å². The van der Waals surface area contributed by atoms with Gasteiger partial charge in [0.05, 0.1) is 23.8 Å². The number of amides is 1. The number of fused-ring (bicyclic) bond motifs is 1. The van der Waals surface area contributed by atoms with Gasteiger partial charge in [0.15, 0.2) is 0 Å². The topological polar surface area (TPSA) is 92.8 Å². The number of hydrogen-bond donors (Lipinski definition) is 1. The van der Waals surface area contributed by atoms with Gasteiger partial charge in [0.25, 0.3) is 5.91 Å². The van der Waals surface area contributed by atoms with E-state index in [2.05, 4.69) is 20.1 Å². The Hall–Kier alpha value is -3.32. The van der Waals surface area contributed by atoms with Crippen LogP contribution in [0.15, 0.2) is 36.7 Å². The maximum Gasteiger partial charge on any atom is 0.573 e. The van der Waals surface area contributed by atoms with Crippen molar-refractivity contribution in [1.82, 2.24) is 20.1 Å². The molecule has 0 aliphatic carbocycles. The van der Waals surface area contributed by atoms with Crippen LogP contribution < -0.4 is 10.1 Å². The van der Waals surface area contributed by atoms with Gasteiger partial charge in [-0.2, -0.15) is 10.4 Å². The number of rotatable bonds is 5. The van der Waals surface area contributed by atoms with Crippen LogP contribution in [0.1, 0.15) is 22.8 Å². The standard InChI is InChI=1S/C19H15ClF3N5O2/c1-11-14(20)7-25-15-8-28(27-16(11)15)10-18(2,9-24)26-17(29)12-3-5-13(6-4-12)30-19(21,22)23/h3-8H,10H2,1-2H3,(H,26,29). The molecule has 11 heteroatoms. The van der Waals surface area contributed by atoms with Crippen LogP contribution in [0, 0.1) is 18.3 Å². The minimum atomic E-state index is -4.83. The molecule has 1 amide bonds. The van der Waals surface area contributed by atoms with Crippen molar-refractivity contribution in [3.8, 4) is 11.8 Å². The number of hydrogen-bond acceptors (Lipinski definition) is 5. The largest absolute Gasteiger partial charge is 0.573 e. The van der Waals surface area contributed by atoms with Gasteiger partial charge in [-0.25, -0.2) is 0 Å². The van der Waals surface area contributed by atoms with E-state index in [-0.39, 0.29) is 12.1 Å². The molecule has 30 heavy (non-hydrogen) atoms. The second-order valence-corrected chi connectivity index (χ2v) is 7.17. The third-order valence-electron chi connectivity index (χ3n) is 4.24. The van der Waals surface area contributed by atoms with Gasteiger partial charge in [0.2, 0.25) is 0 Å². The van der Waals surface area contributed by atoms with E-state index < -0.39 is 23.6 Å². The summed E-state index contributed by atoms with van der Waals surface area (Å²) in [6.45, 7) is 3.31. The maximum atomic E-state index is 12.5. The number of carbonyl (C=O) groups is 1. The van der Waals surface area contributed by atoms with E-state index in [1.165, 1.54) is 29.9 Å². The fourth-order valence-corrected chi connectivity index (χ4v) is 2.89. The van der Waals surface area contributed by atoms with Crippen LogP contribution in [-0.2, 0) is 6.54 Å². The van der Waals surface area contributed by atoms with Crippen molar-refractivity contribution >= 4 is 28.5 Å². The summed E-state index contributed by atoms with van der Waals surface area (Å²) in [7, 11) is 0. The minimum Gasteiger partial charge on any atom is -0.406 e. The minimum absolute atomic E-state index is 0.0118. The number of nitriles is 1. The molecule has 0 aliphatic heterocycles. The molecule has 0 saturated carbocycles. The molecule has 0 saturated heterocycles. The highest BCUT2D eigenvalue weighted by Crippen LogP contribution is 2.24. The third-order valence-corrected chi connectivity index (χ3v) is 4.62. The summed E-state index contributed by atoms with van der Waals surface area (Å²) in [6, 6.07) is 6.41. The van der Waals surface area contributed by atoms with Crippen LogP contribution in [0.4, 0.5) is 13.2 Å². The molecule has 1 atom stereocenters. The summed E-state index contributed by atoms with van der Waals surface area (Å²) in [5, 5.41) is 17.0. The zero-order valence-corrected chi connectivity index (χ0v) is 16.5. The van der Waals surface area contributed by atoms with Crippen molar-refractivity contribution in [2.24, 2.45) is 0 Å². The van der Waals surface area contributed by atoms with Crippen molar-refractivity contribution < 1.29 is 22.7 Å². The Morgan fingerprint density at radius 1 is 1.33 bits per heavy atom. The van der Waals surface area contributed by atoms with Crippen LogP contribution in [0.25, 0.3) is 11.0 Å². The summed E-state index contributed by atoms with van der Waals surface area (Å²) in [4.78, 5) is 16.7. The van der Waals surface area contributed by atoms with E-state index in [1.807, 2.05) is 6.07 Å². The summed E-state index contributed by atoms with van der Waals surface area (Å²) in [6.07, 6.45) is -1.69. The zero-order valence-electron chi connectivity index (χ0n) is 15.8. The number of benzene rings is 1. The highest BCUT2D eigenvalue weighted by Gasteiger charge is 2.31. The Morgan fingerprint density at radius 3 is 2.60 bits per heavy atom. The Bertz CT molecular complexity index is 1140. The SMILES string of the molecule is Cc1c(Cl)cnc2cn(CC(C)(C#N)NC(=O)c3ccc(OC(F)(F)F)cc3)nc12. The molecule has 0 spiro atoms. The predicted molar refractivity (Wildman–Crippen MR) is 102 cm³/mol.